The fourth-order valence-electron chi connectivity index (χ4n) is 5.16. The fraction of sp³-hybridized carbons (Fsp3) is 0.632. The lowest BCUT2D eigenvalue weighted by molar-refractivity contribution is 0.00140. The van der Waals surface area contributed by atoms with Gasteiger partial charge in [-0.3, -0.25) is 4.99 Å². The van der Waals surface area contributed by atoms with Crippen LogP contribution in [0, 0.1) is 23.7 Å². The molecule has 1 aromatic carbocycles. The molecule has 0 N–H and O–H groups in total. The Balaban J connectivity index is 1.62. The van der Waals surface area contributed by atoms with Gasteiger partial charge in [0.25, 0.3) is 0 Å². The van der Waals surface area contributed by atoms with Crippen molar-refractivity contribution in [3.8, 4) is 0 Å². The van der Waals surface area contributed by atoms with Crippen molar-refractivity contribution in [3.05, 3.63) is 35.9 Å². The van der Waals surface area contributed by atoms with E-state index in [1.165, 1.54) is 42.7 Å². The highest BCUT2D eigenvalue weighted by molar-refractivity contribution is 8.14. The van der Waals surface area contributed by atoms with Crippen LogP contribution in [0.5, 0.6) is 0 Å². The van der Waals surface area contributed by atoms with Crippen molar-refractivity contribution in [3.63, 3.8) is 0 Å². The Hall–Kier alpha value is -0.760. The number of rotatable bonds is 3. The molecule has 0 amide bonds. The van der Waals surface area contributed by atoms with E-state index in [0.717, 1.165) is 29.4 Å². The summed E-state index contributed by atoms with van der Waals surface area (Å²) in [5.74, 6) is 4.96. The summed E-state index contributed by atoms with van der Waals surface area (Å²) in [5.41, 5.74) is 1.32. The van der Waals surface area contributed by atoms with E-state index in [0.29, 0.717) is 6.04 Å². The Morgan fingerprint density at radius 3 is 2.19 bits per heavy atom. The SMILES string of the molecule is CCS/C(=N\C1C2CC3CC(C2)CC1C3)c1ccccc1. The molecule has 112 valence electrons. The van der Waals surface area contributed by atoms with Crippen LogP contribution >= 0.6 is 11.8 Å². The van der Waals surface area contributed by atoms with Gasteiger partial charge >= 0.3 is 0 Å². The molecule has 2 heteroatoms. The quantitative estimate of drug-likeness (QED) is 0.564. The van der Waals surface area contributed by atoms with Crippen LogP contribution in [-0.4, -0.2) is 16.8 Å². The van der Waals surface area contributed by atoms with Gasteiger partial charge in [0.15, 0.2) is 0 Å². The first-order chi connectivity index (χ1) is 10.3. The normalized spacial score (nSPS) is 38.0. The highest BCUT2D eigenvalue weighted by atomic mass is 32.2. The standard InChI is InChI=1S/C19H25NS/c1-2-21-19(15-6-4-3-5-7-15)20-18-16-9-13-8-14(11-16)12-17(18)10-13/h3-7,13-14,16-18H,2,8-12H2,1H3/b20-19-. The first kappa shape index (κ1) is 13.9. The molecule has 21 heavy (non-hydrogen) atoms. The van der Waals surface area contributed by atoms with Crippen LogP contribution in [0.2, 0.25) is 0 Å². The third kappa shape index (κ3) is 2.67. The van der Waals surface area contributed by atoms with Gasteiger partial charge in [0.05, 0.1) is 11.1 Å². The van der Waals surface area contributed by atoms with Gasteiger partial charge in [-0.2, -0.15) is 0 Å². The molecule has 4 fully saturated rings. The summed E-state index contributed by atoms with van der Waals surface area (Å²) in [7, 11) is 0. The molecule has 0 atom stereocenters. The van der Waals surface area contributed by atoms with E-state index in [9.17, 15) is 0 Å². The van der Waals surface area contributed by atoms with Crippen LogP contribution in [0.25, 0.3) is 0 Å². The lowest BCUT2D eigenvalue weighted by atomic mass is 9.54. The van der Waals surface area contributed by atoms with E-state index in [4.69, 9.17) is 4.99 Å². The molecule has 1 aromatic rings. The van der Waals surface area contributed by atoms with Crippen molar-refractivity contribution < 1.29 is 0 Å². The second-order valence-electron chi connectivity index (χ2n) is 7.15. The van der Waals surface area contributed by atoms with Crippen molar-refractivity contribution >= 4 is 16.8 Å². The Morgan fingerprint density at radius 1 is 1.00 bits per heavy atom. The molecule has 0 aromatic heterocycles. The molecule has 1 nitrogen and oxygen atoms in total. The highest BCUT2D eigenvalue weighted by Crippen LogP contribution is 2.54. The lowest BCUT2D eigenvalue weighted by Gasteiger charge is -2.53. The molecule has 0 saturated heterocycles. The minimum atomic E-state index is 0.618. The summed E-state index contributed by atoms with van der Waals surface area (Å²) in [5, 5.41) is 1.29. The molecule has 0 spiro atoms. The van der Waals surface area contributed by atoms with Crippen molar-refractivity contribution in [2.24, 2.45) is 28.7 Å². The molecule has 4 bridgehead atoms. The summed E-state index contributed by atoms with van der Waals surface area (Å²) >= 11 is 1.92. The predicted octanol–water partition coefficient (Wildman–Crippen LogP) is 5.01. The first-order valence-electron chi connectivity index (χ1n) is 8.59. The zero-order valence-electron chi connectivity index (χ0n) is 12.9. The number of hydrogen-bond acceptors (Lipinski definition) is 2. The number of thioether (sulfide) groups is 1. The summed E-state index contributed by atoms with van der Waals surface area (Å²) < 4.78 is 0. The molecule has 0 unspecified atom stereocenters. The third-order valence-electron chi connectivity index (χ3n) is 5.75. The maximum atomic E-state index is 5.31. The average Bonchev–Trinajstić information content (AvgIpc) is 2.50. The molecule has 0 radical (unpaired) electrons. The molecule has 4 aliphatic rings. The van der Waals surface area contributed by atoms with Crippen LogP contribution in [0.4, 0.5) is 0 Å². The Kier molecular flexibility index (Phi) is 3.83. The fourth-order valence-corrected chi connectivity index (χ4v) is 5.93. The number of hydrogen-bond donors (Lipinski definition) is 0. The Bertz CT molecular complexity index is 494. The summed E-state index contributed by atoms with van der Waals surface area (Å²) in [6, 6.07) is 11.4. The van der Waals surface area contributed by atoms with Crippen molar-refractivity contribution in [2.45, 2.75) is 45.1 Å². The van der Waals surface area contributed by atoms with E-state index in [1.807, 2.05) is 11.8 Å². The summed E-state index contributed by atoms with van der Waals surface area (Å²) in [6.45, 7) is 2.24. The van der Waals surface area contributed by atoms with Gasteiger partial charge in [-0.1, -0.05) is 37.3 Å². The Morgan fingerprint density at radius 2 is 1.62 bits per heavy atom. The summed E-state index contributed by atoms with van der Waals surface area (Å²) in [4.78, 5) is 5.31. The zero-order valence-corrected chi connectivity index (χ0v) is 13.7. The van der Waals surface area contributed by atoms with Crippen LogP contribution in [0.3, 0.4) is 0 Å². The molecule has 0 aliphatic heterocycles. The third-order valence-corrected chi connectivity index (χ3v) is 6.65. The first-order valence-corrected chi connectivity index (χ1v) is 9.58. The molecule has 5 rings (SSSR count). The van der Waals surface area contributed by atoms with Crippen molar-refractivity contribution in [2.75, 3.05) is 5.75 Å². The van der Waals surface area contributed by atoms with Crippen molar-refractivity contribution in [1.82, 2.24) is 0 Å². The van der Waals surface area contributed by atoms with Gasteiger partial charge in [-0.05, 0) is 61.5 Å². The van der Waals surface area contributed by atoms with E-state index in [2.05, 4.69) is 37.3 Å². The molecule has 0 heterocycles. The topological polar surface area (TPSA) is 12.4 Å². The zero-order chi connectivity index (χ0) is 14.2. The average molecular weight is 299 g/mol. The lowest BCUT2D eigenvalue weighted by Crippen LogP contribution is -2.47. The van der Waals surface area contributed by atoms with Gasteiger partial charge in [0, 0.05) is 5.56 Å². The van der Waals surface area contributed by atoms with Gasteiger partial charge in [-0.15, -0.1) is 11.8 Å². The molecular weight excluding hydrogens is 274 g/mol. The van der Waals surface area contributed by atoms with E-state index >= 15 is 0 Å². The van der Waals surface area contributed by atoms with Gasteiger partial charge in [-0.25, -0.2) is 0 Å². The second kappa shape index (κ2) is 5.79. The van der Waals surface area contributed by atoms with Crippen LogP contribution in [0.15, 0.2) is 35.3 Å². The molecule has 4 saturated carbocycles. The monoisotopic (exact) mass is 299 g/mol. The minimum absolute atomic E-state index is 0.618. The maximum absolute atomic E-state index is 5.31. The van der Waals surface area contributed by atoms with Crippen LogP contribution in [0.1, 0.15) is 44.6 Å². The van der Waals surface area contributed by atoms with Crippen LogP contribution < -0.4 is 0 Å². The summed E-state index contributed by atoms with van der Waals surface area (Å²) in [6.07, 6.45) is 7.36. The predicted molar refractivity (Wildman–Crippen MR) is 91.9 cm³/mol. The highest BCUT2D eigenvalue weighted by Gasteiger charge is 2.48. The van der Waals surface area contributed by atoms with Gasteiger partial charge in [0.1, 0.15) is 0 Å². The van der Waals surface area contributed by atoms with E-state index < -0.39 is 0 Å². The molecular formula is C19H25NS. The van der Waals surface area contributed by atoms with E-state index in [-0.39, 0.29) is 0 Å². The minimum Gasteiger partial charge on any atom is -0.274 e. The largest absolute Gasteiger partial charge is 0.274 e. The second-order valence-corrected chi connectivity index (χ2v) is 8.41. The number of aliphatic imine (C=N–C) groups is 1. The van der Waals surface area contributed by atoms with Crippen LogP contribution in [-0.2, 0) is 0 Å². The van der Waals surface area contributed by atoms with Crippen molar-refractivity contribution in [1.29, 1.82) is 0 Å². The van der Waals surface area contributed by atoms with E-state index in [1.54, 1.807) is 0 Å². The molecule has 4 aliphatic carbocycles. The maximum Gasteiger partial charge on any atom is 0.0980 e. The smallest absolute Gasteiger partial charge is 0.0980 e. The number of nitrogens with zero attached hydrogens (tertiary/aromatic N) is 1. The van der Waals surface area contributed by atoms with Gasteiger partial charge < -0.3 is 0 Å². The Labute approximate surface area is 132 Å². The van der Waals surface area contributed by atoms with Gasteiger partial charge in [0.2, 0.25) is 0 Å². The number of benzene rings is 1.